The first-order valence-electron chi connectivity index (χ1n) is 5.44. The molecule has 78 valence electrons. The minimum atomic E-state index is -0.207. The van der Waals surface area contributed by atoms with Crippen LogP contribution in [0.15, 0.2) is 12.7 Å². The van der Waals surface area contributed by atoms with Crippen molar-refractivity contribution in [1.29, 1.82) is 0 Å². The molecule has 0 bridgehead atoms. The average Bonchev–Trinajstić information content (AvgIpc) is 2.63. The quantitative estimate of drug-likeness (QED) is 0.663. The van der Waals surface area contributed by atoms with E-state index in [9.17, 15) is 4.79 Å². The Morgan fingerprint density at radius 3 is 2.86 bits per heavy atom. The van der Waals surface area contributed by atoms with Crippen molar-refractivity contribution in [3.63, 3.8) is 0 Å². The standard InChI is InChI=1S/C11H18N2O/c1-2-8-13-9-7-12-11(10(13)14)5-3-4-6-11/h2,12H,1,3-9H2. The molecule has 0 aromatic rings. The monoisotopic (exact) mass is 194 g/mol. The summed E-state index contributed by atoms with van der Waals surface area (Å²) >= 11 is 0. The van der Waals surface area contributed by atoms with E-state index in [2.05, 4.69) is 11.9 Å². The summed E-state index contributed by atoms with van der Waals surface area (Å²) in [6.45, 7) is 6.14. The Morgan fingerprint density at radius 1 is 1.50 bits per heavy atom. The van der Waals surface area contributed by atoms with Crippen LogP contribution >= 0.6 is 0 Å². The lowest BCUT2D eigenvalue weighted by atomic mass is 9.93. The Morgan fingerprint density at radius 2 is 2.21 bits per heavy atom. The molecule has 1 amide bonds. The normalized spacial score (nSPS) is 25.7. The van der Waals surface area contributed by atoms with E-state index in [1.54, 1.807) is 0 Å². The van der Waals surface area contributed by atoms with E-state index in [1.165, 1.54) is 12.8 Å². The summed E-state index contributed by atoms with van der Waals surface area (Å²) in [5.74, 6) is 0.293. The smallest absolute Gasteiger partial charge is 0.243 e. The van der Waals surface area contributed by atoms with Gasteiger partial charge in [0.25, 0.3) is 0 Å². The molecule has 1 aliphatic carbocycles. The number of carbonyl (C=O) groups excluding carboxylic acids is 1. The number of amides is 1. The molecule has 1 N–H and O–H groups in total. The molecule has 1 heterocycles. The van der Waals surface area contributed by atoms with Gasteiger partial charge in [-0.3, -0.25) is 4.79 Å². The van der Waals surface area contributed by atoms with Crippen LogP contribution in [0.2, 0.25) is 0 Å². The van der Waals surface area contributed by atoms with Gasteiger partial charge >= 0.3 is 0 Å². The first-order valence-corrected chi connectivity index (χ1v) is 5.44. The second kappa shape index (κ2) is 3.73. The zero-order chi connectivity index (χ0) is 10.0. The molecule has 3 heteroatoms. The van der Waals surface area contributed by atoms with Gasteiger partial charge < -0.3 is 10.2 Å². The predicted molar refractivity (Wildman–Crippen MR) is 56.0 cm³/mol. The zero-order valence-corrected chi connectivity index (χ0v) is 8.59. The Kier molecular flexibility index (Phi) is 2.59. The molecule has 0 radical (unpaired) electrons. The summed E-state index contributed by atoms with van der Waals surface area (Å²) in [6.07, 6.45) is 6.20. The van der Waals surface area contributed by atoms with Gasteiger partial charge in [0.15, 0.2) is 0 Å². The molecule has 0 unspecified atom stereocenters. The van der Waals surface area contributed by atoms with E-state index in [0.29, 0.717) is 12.5 Å². The van der Waals surface area contributed by atoms with Crippen molar-refractivity contribution in [3.8, 4) is 0 Å². The highest BCUT2D eigenvalue weighted by molar-refractivity contribution is 5.87. The lowest BCUT2D eigenvalue weighted by molar-refractivity contribution is -0.140. The molecule has 2 aliphatic rings. The van der Waals surface area contributed by atoms with E-state index in [-0.39, 0.29) is 5.54 Å². The molecule has 1 aliphatic heterocycles. The van der Waals surface area contributed by atoms with Crippen LogP contribution in [0.5, 0.6) is 0 Å². The van der Waals surface area contributed by atoms with Crippen LogP contribution in [0.1, 0.15) is 25.7 Å². The van der Waals surface area contributed by atoms with Gasteiger partial charge in [-0.15, -0.1) is 6.58 Å². The molecule has 2 rings (SSSR count). The van der Waals surface area contributed by atoms with Crippen LogP contribution in [-0.2, 0) is 4.79 Å². The highest BCUT2D eigenvalue weighted by Gasteiger charge is 2.44. The molecule has 1 saturated carbocycles. The third-order valence-electron chi connectivity index (χ3n) is 3.35. The SMILES string of the molecule is C=CCN1CCNC2(CCCC2)C1=O. The predicted octanol–water partition coefficient (Wildman–Crippen LogP) is 0.917. The number of carbonyl (C=O) groups is 1. The summed E-state index contributed by atoms with van der Waals surface area (Å²) in [6, 6.07) is 0. The summed E-state index contributed by atoms with van der Waals surface area (Å²) in [7, 11) is 0. The molecule has 2 fully saturated rings. The number of rotatable bonds is 2. The van der Waals surface area contributed by atoms with Gasteiger partial charge in [-0.1, -0.05) is 18.9 Å². The van der Waals surface area contributed by atoms with Gasteiger partial charge in [0.2, 0.25) is 5.91 Å². The number of nitrogens with one attached hydrogen (secondary N) is 1. The summed E-state index contributed by atoms with van der Waals surface area (Å²) in [5, 5.41) is 3.41. The van der Waals surface area contributed by atoms with Gasteiger partial charge in [-0.05, 0) is 12.8 Å². The van der Waals surface area contributed by atoms with E-state index in [0.717, 1.165) is 25.9 Å². The number of hydrogen-bond donors (Lipinski definition) is 1. The largest absolute Gasteiger partial charge is 0.336 e. The minimum absolute atomic E-state index is 0.207. The first-order chi connectivity index (χ1) is 6.78. The molecular weight excluding hydrogens is 176 g/mol. The summed E-state index contributed by atoms with van der Waals surface area (Å²) in [5.41, 5.74) is -0.207. The molecule has 0 aromatic heterocycles. The van der Waals surface area contributed by atoms with Crippen molar-refractivity contribution in [2.75, 3.05) is 19.6 Å². The van der Waals surface area contributed by atoms with Crippen molar-refractivity contribution >= 4 is 5.91 Å². The van der Waals surface area contributed by atoms with Crippen molar-refractivity contribution in [1.82, 2.24) is 10.2 Å². The third kappa shape index (κ3) is 1.46. The first kappa shape index (κ1) is 9.71. The van der Waals surface area contributed by atoms with Gasteiger partial charge in [0, 0.05) is 19.6 Å². The molecule has 1 saturated heterocycles. The fraction of sp³-hybridized carbons (Fsp3) is 0.727. The lowest BCUT2D eigenvalue weighted by Gasteiger charge is -2.40. The highest BCUT2D eigenvalue weighted by Crippen LogP contribution is 2.32. The molecule has 0 atom stereocenters. The van der Waals surface area contributed by atoms with Crippen LogP contribution in [0.4, 0.5) is 0 Å². The van der Waals surface area contributed by atoms with E-state index < -0.39 is 0 Å². The molecule has 14 heavy (non-hydrogen) atoms. The number of hydrogen-bond acceptors (Lipinski definition) is 2. The second-order valence-corrected chi connectivity index (χ2v) is 4.26. The maximum absolute atomic E-state index is 12.2. The molecular formula is C11H18N2O. The maximum Gasteiger partial charge on any atom is 0.243 e. The van der Waals surface area contributed by atoms with Gasteiger partial charge in [-0.2, -0.15) is 0 Å². The maximum atomic E-state index is 12.2. The molecule has 3 nitrogen and oxygen atoms in total. The van der Waals surface area contributed by atoms with Crippen molar-refractivity contribution < 1.29 is 4.79 Å². The topological polar surface area (TPSA) is 32.3 Å². The van der Waals surface area contributed by atoms with E-state index in [4.69, 9.17) is 0 Å². The van der Waals surface area contributed by atoms with Crippen LogP contribution in [0, 0.1) is 0 Å². The Balaban J connectivity index is 2.11. The molecule has 0 aromatic carbocycles. The van der Waals surface area contributed by atoms with Crippen LogP contribution in [-0.4, -0.2) is 36.0 Å². The fourth-order valence-electron chi connectivity index (χ4n) is 2.61. The third-order valence-corrected chi connectivity index (χ3v) is 3.35. The Hall–Kier alpha value is -0.830. The summed E-state index contributed by atoms with van der Waals surface area (Å²) in [4.78, 5) is 14.1. The van der Waals surface area contributed by atoms with Crippen molar-refractivity contribution in [3.05, 3.63) is 12.7 Å². The van der Waals surface area contributed by atoms with Crippen LogP contribution in [0.3, 0.4) is 0 Å². The Labute approximate surface area is 85.2 Å². The van der Waals surface area contributed by atoms with Gasteiger partial charge in [0.05, 0.1) is 5.54 Å². The number of nitrogens with zero attached hydrogens (tertiary/aromatic N) is 1. The zero-order valence-electron chi connectivity index (χ0n) is 8.59. The van der Waals surface area contributed by atoms with E-state index in [1.807, 2.05) is 11.0 Å². The number of piperazine rings is 1. The average molecular weight is 194 g/mol. The van der Waals surface area contributed by atoms with Crippen LogP contribution in [0.25, 0.3) is 0 Å². The van der Waals surface area contributed by atoms with Gasteiger partial charge in [0.1, 0.15) is 0 Å². The fourth-order valence-corrected chi connectivity index (χ4v) is 2.61. The summed E-state index contributed by atoms with van der Waals surface area (Å²) < 4.78 is 0. The molecule has 1 spiro atoms. The van der Waals surface area contributed by atoms with Crippen molar-refractivity contribution in [2.45, 2.75) is 31.2 Å². The minimum Gasteiger partial charge on any atom is -0.336 e. The van der Waals surface area contributed by atoms with Crippen LogP contribution < -0.4 is 5.32 Å². The van der Waals surface area contributed by atoms with E-state index >= 15 is 0 Å². The Bertz CT molecular complexity index is 244. The highest BCUT2D eigenvalue weighted by atomic mass is 16.2. The van der Waals surface area contributed by atoms with Crippen molar-refractivity contribution in [2.24, 2.45) is 0 Å². The lowest BCUT2D eigenvalue weighted by Crippen LogP contribution is -2.62. The second-order valence-electron chi connectivity index (χ2n) is 4.26. The van der Waals surface area contributed by atoms with Gasteiger partial charge in [-0.25, -0.2) is 0 Å².